The Morgan fingerprint density at radius 1 is 1.37 bits per heavy atom. The van der Waals surface area contributed by atoms with E-state index in [0.29, 0.717) is 6.54 Å². The second-order valence-electron chi connectivity index (χ2n) is 3.29. The summed E-state index contributed by atoms with van der Waals surface area (Å²) in [6, 6.07) is 0. The molecule has 1 amide bonds. The zero-order valence-corrected chi connectivity index (χ0v) is 10.3. The van der Waals surface area contributed by atoms with Crippen LogP contribution in [0.4, 0.5) is 0 Å². The first-order valence-electron chi connectivity index (χ1n) is 5.42. The van der Waals surface area contributed by atoms with Gasteiger partial charge in [-0.1, -0.05) is 0 Å². The number of carbonyl (C=O) groups excluding carboxylic acids is 3. The van der Waals surface area contributed by atoms with Crippen molar-refractivity contribution in [1.29, 1.82) is 0 Å². The van der Waals surface area contributed by atoms with Crippen molar-refractivity contribution in [1.82, 2.24) is 5.32 Å². The molecule has 102 valence electrons. The fourth-order valence-electron chi connectivity index (χ4n) is 1.08. The molecule has 0 aromatic rings. The molecule has 0 aromatic heterocycles. The number of azo groups is 1. The molecule has 8 heteroatoms. The van der Waals surface area contributed by atoms with Crippen LogP contribution in [0.25, 0.3) is 0 Å². The Morgan fingerprint density at radius 2 is 2.11 bits per heavy atom. The molecule has 0 bridgehead atoms. The van der Waals surface area contributed by atoms with Crippen molar-refractivity contribution in [3.63, 3.8) is 0 Å². The third-order valence-electron chi connectivity index (χ3n) is 1.97. The SMILES string of the molecule is COC(=O)/C=C/C(=O)OCCNC(=O)C1=CCN=N1. The summed E-state index contributed by atoms with van der Waals surface area (Å²) >= 11 is 0. The van der Waals surface area contributed by atoms with E-state index in [2.05, 4.69) is 20.3 Å². The van der Waals surface area contributed by atoms with E-state index in [0.717, 1.165) is 12.2 Å². The van der Waals surface area contributed by atoms with Crippen LogP contribution in [0.3, 0.4) is 0 Å². The van der Waals surface area contributed by atoms with Crippen LogP contribution in [0.5, 0.6) is 0 Å². The molecular formula is C11H13N3O5. The van der Waals surface area contributed by atoms with Gasteiger partial charge in [-0.3, -0.25) is 4.79 Å². The minimum atomic E-state index is -0.695. The Labute approximate surface area is 109 Å². The van der Waals surface area contributed by atoms with E-state index in [1.165, 1.54) is 7.11 Å². The minimum absolute atomic E-state index is 0.0134. The number of nitrogens with zero attached hydrogens (tertiary/aromatic N) is 2. The number of nitrogens with one attached hydrogen (secondary N) is 1. The fourth-order valence-corrected chi connectivity index (χ4v) is 1.08. The van der Waals surface area contributed by atoms with Gasteiger partial charge < -0.3 is 14.8 Å². The highest BCUT2D eigenvalue weighted by molar-refractivity contribution is 5.93. The molecule has 0 unspecified atom stereocenters. The lowest BCUT2D eigenvalue weighted by Crippen LogP contribution is -2.28. The molecule has 1 N–H and O–H groups in total. The van der Waals surface area contributed by atoms with Gasteiger partial charge in [0.25, 0.3) is 5.91 Å². The van der Waals surface area contributed by atoms with Crippen LogP contribution in [0.2, 0.25) is 0 Å². The number of ether oxygens (including phenoxy) is 2. The summed E-state index contributed by atoms with van der Waals surface area (Å²) in [6.07, 6.45) is 3.48. The Hall–Kier alpha value is -2.51. The topological polar surface area (TPSA) is 106 Å². The zero-order valence-electron chi connectivity index (χ0n) is 10.3. The lowest BCUT2D eigenvalue weighted by Gasteiger charge is -2.03. The van der Waals surface area contributed by atoms with Gasteiger partial charge in [0.2, 0.25) is 0 Å². The third-order valence-corrected chi connectivity index (χ3v) is 1.97. The highest BCUT2D eigenvalue weighted by atomic mass is 16.5. The molecule has 1 aliphatic rings. The van der Waals surface area contributed by atoms with E-state index in [-0.39, 0.29) is 24.8 Å². The highest BCUT2D eigenvalue weighted by Gasteiger charge is 2.10. The molecule has 0 saturated carbocycles. The molecule has 0 aromatic carbocycles. The lowest BCUT2D eigenvalue weighted by atomic mass is 10.4. The minimum Gasteiger partial charge on any atom is -0.466 e. The first kappa shape index (κ1) is 14.6. The molecule has 0 aliphatic carbocycles. The summed E-state index contributed by atoms with van der Waals surface area (Å²) in [7, 11) is 1.20. The normalized spacial score (nSPS) is 13.2. The smallest absolute Gasteiger partial charge is 0.331 e. The van der Waals surface area contributed by atoms with Gasteiger partial charge in [-0.2, -0.15) is 10.2 Å². The van der Waals surface area contributed by atoms with Crippen molar-refractivity contribution in [2.75, 3.05) is 26.8 Å². The van der Waals surface area contributed by atoms with Crippen LogP contribution in [0.15, 0.2) is 34.2 Å². The zero-order chi connectivity index (χ0) is 14.1. The van der Waals surface area contributed by atoms with E-state index >= 15 is 0 Å². The van der Waals surface area contributed by atoms with Crippen LogP contribution in [0.1, 0.15) is 0 Å². The number of hydrogen-bond acceptors (Lipinski definition) is 7. The molecule has 8 nitrogen and oxygen atoms in total. The maximum Gasteiger partial charge on any atom is 0.331 e. The summed E-state index contributed by atoms with van der Waals surface area (Å²) in [5, 5.41) is 9.74. The van der Waals surface area contributed by atoms with Crippen molar-refractivity contribution in [2.24, 2.45) is 10.2 Å². The number of rotatable bonds is 6. The number of hydrogen-bond donors (Lipinski definition) is 1. The van der Waals surface area contributed by atoms with E-state index in [1.807, 2.05) is 0 Å². The van der Waals surface area contributed by atoms with Gasteiger partial charge in [0.15, 0.2) is 0 Å². The fraction of sp³-hybridized carbons (Fsp3) is 0.364. The van der Waals surface area contributed by atoms with Gasteiger partial charge in [0.05, 0.1) is 20.2 Å². The van der Waals surface area contributed by atoms with Crippen molar-refractivity contribution < 1.29 is 23.9 Å². The number of methoxy groups -OCH3 is 1. The van der Waals surface area contributed by atoms with Crippen molar-refractivity contribution >= 4 is 17.8 Å². The summed E-state index contributed by atoms with van der Waals surface area (Å²) in [4.78, 5) is 33.2. The standard InChI is InChI=1S/C11H13N3O5/c1-18-9(15)2-3-10(16)19-7-6-12-11(17)8-4-5-13-14-8/h2-4H,5-7H2,1H3,(H,12,17)/b3-2+. The lowest BCUT2D eigenvalue weighted by molar-refractivity contribution is -0.139. The maximum atomic E-state index is 11.4. The van der Waals surface area contributed by atoms with Crippen LogP contribution >= 0.6 is 0 Å². The predicted molar refractivity (Wildman–Crippen MR) is 62.9 cm³/mol. The third kappa shape index (κ3) is 5.57. The molecule has 1 aliphatic heterocycles. The number of amides is 1. The van der Waals surface area contributed by atoms with Crippen molar-refractivity contribution in [3.05, 3.63) is 23.9 Å². The predicted octanol–water partition coefficient (Wildman–Crippen LogP) is -0.275. The summed E-state index contributed by atoms with van der Waals surface area (Å²) < 4.78 is 9.03. The molecule has 0 radical (unpaired) electrons. The second-order valence-corrected chi connectivity index (χ2v) is 3.29. The molecule has 0 fully saturated rings. The van der Waals surface area contributed by atoms with Crippen molar-refractivity contribution in [3.8, 4) is 0 Å². The largest absolute Gasteiger partial charge is 0.466 e. The highest BCUT2D eigenvalue weighted by Crippen LogP contribution is 2.04. The molecule has 0 spiro atoms. The monoisotopic (exact) mass is 267 g/mol. The average molecular weight is 267 g/mol. The van der Waals surface area contributed by atoms with Gasteiger partial charge >= 0.3 is 11.9 Å². The van der Waals surface area contributed by atoms with E-state index in [9.17, 15) is 14.4 Å². The van der Waals surface area contributed by atoms with Crippen molar-refractivity contribution in [2.45, 2.75) is 0 Å². The van der Waals surface area contributed by atoms with Gasteiger partial charge in [-0.05, 0) is 6.08 Å². The second kappa shape index (κ2) is 7.75. The van der Waals surface area contributed by atoms with Gasteiger partial charge in [0.1, 0.15) is 12.3 Å². The van der Waals surface area contributed by atoms with Crippen LogP contribution in [-0.2, 0) is 23.9 Å². The van der Waals surface area contributed by atoms with Gasteiger partial charge in [0, 0.05) is 12.2 Å². The number of esters is 2. The average Bonchev–Trinajstić information content (AvgIpc) is 2.94. The van der Waals surface area contributed by atoms with E-state index < -0.39 is 11.9 Å². The van der Waals surface area contributed by atoms with Crippen LogP contribution in [-0.4, -0.2) is 44.7 Å². The molecular weight excluding hydrogens is 254 g/mol. The molecule has 0 saturated heterocycles. The molecule has 1 rings (SSSR count). The molecule has 1 heterocycles. The Balaban J connectivity index is 2.15. The Kier molecular flexibility index (Phi) is 5.93. The summed E-state index contributed by atoms with van der Waals surface area (Å²) in [5.74, 6) is -1.72. The van der Waals surface area contributed by atoms with Crippen LogP contribution in [0, 0.1) is 0 Å². The van der Waals surface area contributed by atoms with Crippen LogP contribution < -0.4 is 5.32 Å². The first-order chi connectivity index (χ1) is 9.13. The van der Waals surface area contributed by atoms with Gasteiger partial charge in [-0.25, -0.2) is 9.59 Å². The Morgan fingerprint density at radius 3 is 2.74 bits per heavy atom. The van der Waals surface area contributed by atoms with E-state index in [4.69, 9.17) is 4.74 Å². The summed E-state index contributed by atoms with van der Waals surface area (Å²) in [5.41, 5.74) is 0.247. The van der Waals surface area contributed by atoms with E-state index in [1.54, 1.807) is 6.08 Å². The quantitative estimate of drug-likeness (QED) is 0.405. The Bertz CT molecular complexity index is 453. The molecule has 19 heavy (non-hydrogen) atoms. The first-order valence-corrected chi connectivity index (χ1v) is 5.42. The maximum absolute atomic E-state index is 11.4. The van der Waals surface area contributed by atoms with Gasteiger partial charge in [-0.15, -0.1) is 0 Å². The number of carbonyl (C=O) groups is 3. The summed E-state index contributed by atoms with van der Waals surface area (Å²) in [6.45, 7) is 0.528. The molecule has 0 atom stereocenters.